The molecule has 0 nitrogen and oxygen atoms in total. The summed E-state index contributed by atoms with van der Waals surface area (Å²) >= 11 is 0. The fourth-order valence-corrected chi connectivity index (χ4v) is 0. The second-order valence-corrected chi connectivity index (χ2v) is 0. The predicted molar refractivity (Wildman–Crippen MR) is 11.5 cm³/mol. The molecule has 6 radical (unpaired) electrons. The Hall–Kier alpha value is 2.71. The van der Waals surface area contributed by atoms with Gasteiger partial charge in [-0.2, -0.15) is 0 Å². The molecule has 0 aromatic heterocycles. The van der Waals surface area contributed by atoms with Crippen molar-refractivity contribution >= 4 is 45.6 Å². The Morgan fingerprint density at radius 1 is 0.800 bits per heavy atom. The first-order valence-electron chi connectivity index (χ1n) is 0. The minimum absolute atomic E-state index is 0. The fourth-order valence-electron chi connectivity index (χ4n) is 0. The third-order valence-electron chi connectivity index (χ3n) is 0. The zero-order valence-corrected chi connectivity index (χ0v) is 12.8. The number of rotatable bonds is 0. The van der Waals surface area contributed by atoms with Crippen molar-refractivity contribution in [3.05, 3.63) is 0 Å². The minimum atomic E-state index is 0. The van der Waals surface area contributed by atoms with Gasteiger partial charge < -0.3 is 24.8 Å². The first kappa shape index (κ1) is 47.3. The minimum Gasteiger partial charge on any atom is -1.00 e. The van der Waals surface area contributed by atoms with Crippen LogP contribution in [0.4, 0.5) is 0 Å². The van der Waals surface area contributed by atoms with Gasteiger partial charge in [0.15, 0.2) is 0 Å². The van der Waals surface area contributed by atoms with E-state index >= 15 is 0 Å². The van der Waals surface area contributed by atoms with Gasteiger partial charge in [0.25, 0.3) is 0 Å². The second kappa shape index (κ2) is 29.8. The van der Waals surface area contributed by atoms with E-state index in [4.69, 9.17) is 0 Å². The number of halogens is 2. The molecule has 0 fully saturated rings. The van der Waals surface area contributed by atoms with Gasteiger partial charge in [-0.25, -0.2) is 0 Å². The Kier molecular flexibility index (Phi) is 282. The topological polar surface area (TPSA) is 0 Å². The molecule has 0 spiro atoms. The SMILES string of the molecule is [Cl-].[Cl-].[Ga].[In].[Zn+2]. The van der Waals surface area contributed by atoms with E-state index in [9.17, 15) is 0 Å². The Bertz CT molecular complexity index is 9.61. The quantitative estimate of drug-likeness (QED) is 0.389. The van der Waals surface area contributed by atoms with E-state index in [0.717, 1.165) is 0 Å². The molecular weight excluding hydrogens is 321 g/mol. The van der Waals surface area contributed by atoms with Crippen LogP contribution in [-0.2, 0) is 19.5 Å². The van der Waals surface area contributed by atoms with E-state index in [0.29, 0.717) is 0 Å². The maximum Gasteiger partial charge on any atom is 2.00 e. The molecule has 0 aromatic carbocycles. The van der Waals surface area contributed by atoms with E-state index in [1.807, 2.05) is 0 Å². The zero-order valence-electron chi connectivity index (χ0n) is 2.62. The molecule has 0 heterocycles. The molecule has 0 unspecified atom stereocenters. The smallest absolute Gasteiger partial charge is 1.00 e. The van der Waals surface area contributed by atoms with E-state index in [2.05, 4.69) is 0 Å². The van der Waals surface area contributed by atoms with Crippen molar-refractivity contribution in [2.24, 2.45) is 0 Å². The summed E-state index contributed by atoms with van der Waals surface area (Å²) in [6.45, 7) is 0. The average Bonchev–Trinajstić information content (AvgIpc) is 0. The monoisotopic (exact) mass is 318 g/mol. The summed E-state index contributed by atoms with van der Waals surface area (Å²) in [5.74, 6) is 0. The number of hydrogen-bond acceptors (Lipinski definition) is 0. The van der Waals surface area contributed by atoms with Crippen molar-refractivity contribution < 1.29 is 44.3 Å². The van der Waals surface area contributed by atoms with Gasteiger partial charge in [-0.15, -0.1) is 0 Å². The molecule has 0 aromatic rings. The summed E-state index contributed by atoms with van der Waals surface area (Å²) in [5, 5.41) is 0. The van der Waals surface area contributed by atoms with Crippen LogP contribution in [-0.4, -0.2) is 45.6 Å². The van der Waals surface area contributed by atoms with Crippen LogP contribution in [0, 0.1) is 0 Å². The van der Waals surface area contributed by atoms with Gasteiger partial charge in [0.1, 0.15) is 0 Å². The number of hydrogen-bond donors (Lipinski definition) is 0. The van der Waals surface area contributed by atoms with Crippen LogP contribution >= 0.6 is 0 Å². The largest absolute Gasteiger partial charge is 2.00 e. The Morgan fingerprint density at radius 3 is 0.800 bits per heavy atom. The van der Waals surface area contributed by atoms with Crippen LogP contribution in [0.5, 0.6) is 0 Å². The second-order valence-electron chi connectivity index (χ2n) is 0. The van der Waals surface area contributed by atoms with Gasteiger partial charge in [-0.3, -0.25) is 0 Å². The molecule has 22 valence electrons. The molecule has 0 amide bonds. The van der Waals surface area contributed by atoms with Crippen LogP contribution in [0.2, 0.25) is 0 Å². The molecule has 0 aliphatic carbocycles. The van der Waals surface area contributed by atoms with Crippen molar-refractivity contribution in [3.63, 3.8) is 0 Å². The Labute approximate surface area is 88.6 Å². The summed E-state index contributed by atoms with van der Waals surface area (Å²) in [6, 6.07) is 0. The van der Waals surface area contributed by atoms with Crippen LogP contribution in [0.15, 0.2) is 0 Å². The molecule has 0 N–H and O–H groups in total. The van der Waals surface area contributed by atoms with Crippen LogP contribution in [0.25, 0.3) is 0 Å². The Balaban J connectivity index is 0. The molecule has 0 aliphatic rings. The third kappa shape index (κ3) is 20.3. The summed E-state index contributed by atoms with van der Waals surface area (Å²) in [7, 11) is 0. The van der Waals surface area contributed by atoms with Crippen molar-refractivity contribution in [3.8, 4) is 0 Å². The standard InChI is InChI=1S/2ClH.Ga.In.Zn/h2*1H;;;/q;;;;+2/p-2. The predicted octanol–water partition coefficient (Wildman–Crippen LogP) is -6.76. The molecule has 0 bridgehead atoms. The Morgan fingerprint density at radius 2 is 0.800 bits per heavy atom. The van der Waals surface area contributed by atoms with E-state index in [1.165, 1.54) is 0 Å². The van der Waals surface area contributed by atoms with Crippen LogP contribution in [0.3, 0.4) is 0 Å². The van der Waals surface area contributed by atoms with E-state index < -0.39 is 0 Å². The molecule has 0 saturated heterocycles. The van der Waals surface area contributed by atoms with Gasteiger partial charge in [0, 0.05) is 45.6 Å². The molecule has 0 atom stereocenters. The average molecular weight is 321 g/mol. The van der Waals surface area contributed by atoms with Crippen molar-refractivity contribution in [1.82, 2.24) is 0 Å². The maximum atomic E-state index is 0. The summed E-state index contributed by atoms with van der Waals surface area (Å²) in [6.07, 6.45) is 0. The summed E-state index contributed by atoms with van der Waals surface area (Å²) in [4.78, 5) is 0. The van der Waals surface area contributed by atoms with Gasteiger partial charge >= 0.3 is 19.5 Å². The van der Waals surface area contributed by atoms with Crippen molar-refractivity contribution in [2.75, 3.05) is 0 Å². The van der Waals surface area contributed by atoms with E-state index in [-0.39, 0.29) is 89.9 Å². The molecule has 5 heavy (non-hydrogen) atoms. The van der Waals surface area contributed by atoms with Crippen molar-refractivity contribution in [2.45, 2.75) is 0 Å². The summed E-state index contributed by atoms with van der Waals surface area (Å²) in [5.41, 5.74) is 0. The van der Waals surface area contributed by atoms with Gasteiger partial charge in [0.05, 0.1) is 0 Å². The van der Waals surface area contributed by atoms with Gasteiger partial charge in [0.2, 0.25) is 0 Å². The first-order valence-corrected chi connectivity index (χ1v) is 0. The van der Waals surface area contributed by atoms with Gasteiger partial charge in [-0.05, 0) is 0 Å². The van der Waals surface area contributed by atoms with Crippen molar-refractivity contribution in [1.29, 1.82) is 0 Å². The molecule has 0 rings (SSSR count). The molecule has 0 saturated carbocycles. The fraction of sp³-hybridized carbons (Fsp3) is 0. The van der Waals surface area contributed by atoms with Crippen LogP contribution < -0.4 is 24.8 Å². The first-order chi connectivity index (χ1) is 0. The molecule has 5 heteroatoms. The zero-order chi connectivity index (χ0) is 0. The molecular formula is Cl2GaInZn. The third-order valence-corrected chi connectivity index (χ3v) is 0. The summed E-state index contributed by atoms with van der Waals surface area (Å²) < 4.78 is 0. The normalized spacial score (nSPS) is 0. The molecule has 0 aliphatic heterocycles. The van der Waals surface area contributed by atoms with Crippen LogP contribution in [0.1, 0.15) is 0 Å². The van der Waals surface area contributed by atoms with Gasteiger partial charge in [-0.1, -0.05) is 0 Å². The van der Waals surface area contributed by atoms with E-state index in [1.54, 1.807) is 0 Å². The maximum absolute atomic E-state index is 0.